The Balaban J connectivity index is 2.66. The first-order chi connectivity index (χ1) is 10.3. The highest BCUT2D eigenvalue weighted by molar-refractivity contribution is 5.95. The van der Waals surface area contributed by atoms with Gasteiger partial charge in [-0.3, -0.25) is 9.59 Å². The zero-order valence-corrected chi connectivity index (χ0v) is 13.7. The van der Waals surface area contributed by atoms with Gasteiger partial charge in [0.15, 0.2) is 5.76 Å². The van der Waals surface area contributed by atoms with E-state index >= 15 is 0 Å². The third-order valence-electron chi connectivity index (χ3n) is 3.89. The normalized spacial score (nSPS) is 13.0. The Morgan fingerprint density at radius 3 is 2.41 bits per heavy atom. The van der Waals surface area contributed by atoms with Crippen LogP contribution in [0.2, 0.25) is 0 Å². The first kappa shape index (κ1) is 18.2. The summed E-state index contributed by atoms with van der Waals surface area (Å²) in [4.78, 5) is 24.3. The van der Waals surface area contributed by atoms with E-state index in [2.05, 4.69) is 10.6 Å². The number of amides is 2. The van der Waals surface area contributed by atoms with Crippen LogP contribution in [0.25, 0.3) is 0 Å². The molecule has 0 saturated carbocycles. The highest BCUT2D eigenvalue weighted by Crippen LogP contribution is 2.13. The molecule has 1 atom stereocenters. The minimum atomic E-state index is -0.914. The smallest absolute Gasteiger partial charge is 0.287 e. The zero-order chi connectivity index (χ0) is 16.8. The van der Waals surface area contributed by atoms with Gasteiger partial charge < -0.3 is 20.2 Å². The van der Waals surface area contributed by atoms with Crippen molar-refractivity contribution < 1.29 is 19.1 Å². The lowest BCUT2D eigenvalue weighted by molar-refractivity contribution is -0.125. The van der Waals surface area contributed by atoms with E-state index in [0.29, 0.717) is 12.8 Å². The monoisotopic (exact) mass is 310 g/mol. The second-order valence-electron chi connectivity index (χ2n) is 5.82. The summed E-state index contributed by atoms with van der Waals surface area (Å²) in [5, 5.41) is 15.6. The molecule has 0 aliphatic carbocycles. The van der Waals surface area contributed by atoms with Crippen molar-refractivity contribution in [1.82, 2.24) is 10.6 Å². The average molecular weight is 310 g/mol. The second kappa shape index (κ2) is 7.98. The van der Waals surface area contributed by atoms with Crippen LogP contribution in [0.4, 0.5) is 0 Å². The predicted octanol–water partition coefficient (Wildman–Crippen LogP) is 1.70. The minimum absolute atomic E-state index is 0.0877. The summed E-state index contributed by atoms with van der Waals surface area (Å²) in [6.45, 7) is 7.60. The third-order valence-corrected chi connectivity index (χ3v) is 3.89. The number of hydrogen-bond donors (Lipinski definition) is 3. The topological polar surface area (TPSA) is 91.6 Å². The van der Waals surface area contributed by atoms with Crippen molar-refractivity contribution in [3.63, 3.8) is 0 Å². The van der Waals surface area contributed by atoms with Crippen molar-refractivity contribution in [2.24, 2.45) is 5.92 Å². The van der Waals surface area contributed by atoms with Gasteiger partial charge >= 0.3 is 0 Å². The molecule has 1 unspecified atom stereocenters. The second-order valence-corrected chi connectivity index (χ2v) is 5.82. The van der Waals surface area contributed by atoms with E-state index in [1.54, 1.807) is 6.07 Å². The van der Waals surface area contributed by atoms with Crippen LogP contribution >= 0.6 is 0 Å². The number of aliphatic hydroxyl groups is 1. The van der Waals surface area contributed by atoms with Crippen LogP contribution in [0.15, 0.2) is 22.8 Å². The van der Waals surface area contributed by atoms with Crippen LogP contribution in [0.5, 0.6) is 0 Å². The summed E-state index contributed by atoms with van der Waals surface area (Å²) in [5.41, 5.74) is -0.914. The summed E-state index contributed by atoms with van der Waals surface area (Å²) in [6.07, 6.45) is 2.51. The van der Waals surface area contributed by atoms with Gasteiger partial charge in [0.25, 0.3) is 5.91 Å². The Bertz CT molecular complexity index is 478. The van der Waals surface area contributed by atoms with Gasteiger partial charge in [-0.1, -0.05) is 27.7 Å². The van der Waals surface area contributed by atoms with Gasteiger partial charge in [-0.2, -0.15) is 0 Å². The molecule has 0 aliphatic heterocycles. The molecule has 1 aromatic heterocycles. The average Bonchev–Trinajstić information content (AvgIpc) is 3.03. The highest BCUT2D eigenvalue weighted by atomic mass is 16.3. The van der Waals surface area contributed by atoms with Gasteiger partial charge in [-0.05, 0) is 30.9 Å². The fourth-order valence-corrected chi connectivity index (χ4v) is 2.02. The van der Waals surface area contributed by atoms with E-state index in [9.17, 15) is 14.7 Å². The highest BCUT2D eigenvalue weighted by Gasteiger charge is 2.28. The number of furan rings is 1. The lowest BCUT2D eigenvalue weighted by atomic mass is 9.97. The molecule has 0 aliphatic rings. The third kappa shape index (κ3) is 4.87. The van der Waals surface area contributed by atoms with Crippen molar-refractivity contribution in [3.8, 4) is 0 Å². The van der Waals surface area contributed by atoms with E-state index in [1.165, 1.54) is 12.3 Å². The molecular formula is C16H26N2O4. The summed E-state index contributed by atoms with van der Waals surface area (Å²) in [6, 6.07) is 2.47. The predicted molar refractivity (Wildman–Crippen MR) is 83.3 cm³/mol. The summed E-state index contributed by atoms with van der Waals surface area (Å²) >= 11 is 0. The van der Waals surface area contributed by atoms with Crippen molar-refractivity contribution in [2.45, 2.75) is 52.2 Å². The molecule has 0 spiro atoms. The van der Waals surface area contributed by atoms with Crippen LogP contribution in [-0.2, 0) is 4.79 Å². The largest absolute Gasteiger partial charge is 0.459 e. The molecule has 1 aromatic rings. The van der Waals surface area contributed by atoms with E-state index in [1.807, 2.05) is 27.7 Å². The van der Waals surface area contributed by atoms with Crippen molar-refractivity contribution in [1.29, 1.82) is 0 Å². The van der Waals surface area contributed by atoms with E-state index in [0.717, 1.165) is 0 Å². The Morgan fingerprint density at radius 2 is 1.95 bits per heavy atom. The Labute approximate surface area is 131 Å². The van der Waals surface area contributed by atoms with Gasteiger partial charge in [0, 0.05) is 6.54 Å². The van der Waals surface area contributed by atoms with Crippen LogP contribution in [0.1, 0.15) is 51.1 Å². The molecule has 22 heavy (non-hydrogen) atoms. The van der Waals surface area contributed by atoms with Crippen LogP contribution in [-0.4, -0.2) is 35.1 Å². The van der Waals surface area contributed by atoms with Gasteiger partial charge in [-0.25, -0.2) is 0 Å². The lowest BCUT2D eigenvalue weighted by Crippen LogP contribution is -2.52. The van der Waals surface area contributed by atoms with Crippen molar-refractivity contribution in [2.75, 3.05) is 6.54 Å². The standard InChI is InChI=1S/C16H26N2O4/c1-5-16(21,6-2)10-17-15(20)13(11(3)4)18-14(19)12-8-7-9-22-12/h7-9,11,13,21H,5-6,10H2,1-4H3,(H,17,20)(H,18,19). The van der Waals surface area contributed by atoms with E-state index in [-0.39, 0.29) is 24.1 Å². The number of carbonyl (C=O) groups excluding carboxylic acids is 2. The SMILES string of the molecule is CCC(O)(CC)CNC(=O)C(NC(=O)c1ccco1)C(C)C. The van der Waals surface area contributed by atoms with Gasteiger partial charge in [0.2, 0.25) is 5.91 Å². The Morgan fingerprint density at radius 1 is 1.32 bits per heavy atom. The first-order valence-electron chi connectivity index (χ1n) is 7.67. The maximum absolute atomic E-state index is 12.3. The molecule has 0 radical (unpaired) electrons. The Hall–Kier alpha value is -1.82. The minimum Gasteiger partial charge on any atom is -0.459 e. The molecule has 0 aromatic carbocycles. The molecule has 0 fully saturated rings. The molecule has 124 valence electrons. The molecule has 1 heterocycles. The fraction of sp³-hybridized carbons (Fsp3) is 0.625. The van der Waals surface area contributed by atoms with E-state index < -0.39 is 17.6 Å². The molecule has 2 amide bonds. The van der Waals surface area contributed by atoms with Gasteiger partial charge in [0.1, 0.15) is 6.04 Å². The summed E-state index contributed by atoms with van der Waals surface area (Å²) in [7, 11) is 0. The van der Waals surface area contributed by atoms with Crippen molar-refractivity contribution in [3.05, 3.63) is 24.2 Å². The first-order valence-corrected chi connectivity index (χ1v) is 7.67. The van der Waals surface area contributed by atoms with Gasteiger partial charge in [-0.15, -0.1) is 0 Å². The van der Waals surface area contributed by atoms with Gasteiger partial charge in [0.05, 0.1) is 11.9 Å². The maximum atomic E-state index is 12.3. The number of nitrogens with one attached hydrogen (secondary N) is 2. The maximum Gasteiger partial charge on any atom is 0.287 e. The molecule has 1 rings (SSSR count). The van der Waals surface area contributed by atoms with Crippen LogP contribution < -0.4 is 10.6 Å². The molecule has 3 N–H and O–H groups in total. The summed E-state index contributed by atoms with van der Waals surface area (Å²) in [5.74, 6) is -0.664. The molecule has 0 saturated heterocycles. The van der Waals surface area contributed by atoms with Crippen LogP contribution in [0, 0.1) is 5.92 Å². The van der Waals surface area contributed by atoms with Crippen molar-refractivity contribution >= 4 is 11.8 Å². The molecule has 6 heteroatoms. The lowest BCUT2D eigenvalue weighted by Gasteiger charge is -2.28. The number of carbonyl (C=O) groups is 2. The van der Waals surface area contributed by atoms with Crippen LogP contribution in [0.3, 0.4) is 0 Å². The summed E-state index contributed by atoms with van der Waals surface area (Å²) < 4.78 is 5.02. The molecular weight excluding hydrogens is 284 g/mol. The quantitative estimate of drug-likeness (QED) is 0.681. The Kier molecular flexibility index (Phi) is 6.61. The number of rotatable bonds is 8. The molecule has 0 bridgehead atoms. The fourth-order valence-electron chi connectivity index (χ4n) is 2.02. The zero-order valence-electron chi connectivity index (χ0n) is 13.7. The van der Waals surface area contributed by atoms with E-state index in [4.69, 9.17) is 4.42 Å². The molecule has 6 nitrogen and oxygen atoms in total. The number of hydrogen-bond acceptors (Lipinski definition) is 4.